The molecule has 1 N–H and O–H groups in total. The first kappa shape index (κ1) is 14.8. The molecule has 0 unspecified atom stereocenters. The second-order valence-corrected chi connectivity index (χ2v) is 5.81. The Morgan fingerprint density at radius 2 is 1.95 bits per heavy atom. The van der Waals surface area contributed by atoms with Crippen LogP contribution in [0.2, 0.25) is 0 Å². The van der Waals surface area contributed by atoms with Crippen molar-refractivity contribution in [1.29, 1.82) is 0 Å². The predicted molar refractivity (Wildman–Crippen MR) is 92.8 cm³/mol. The highest BCUT2D eigenvalue weighted by Gasteiger charge is 2.14. The zero-order valence-corrected chi connectivity index (χ0v) is 13.3. The molecule has 1 aromatic carbocycles. The van der Waals surface area contributed by atoms with Gasteiger partial charge in [0.1, 0.15) is 5.82 Å². The highest BCUT2D eigenvalue weighted by Crippen LogP contribution is 2.24. The summed E-state index contributed by atoms with van der Waals surface area (Å²) in [7, 11) is 1.93. The van der Waals surface area contributed by atoms with E-state index in [-0.39, 0.29) is 0 Å². The third-order valence-electron chi connectivity index (χ3n) is 4.21. The smallest absolute Gasteiger partial charge is 0.129 e. The number of nitrogens with zero attached hydrogens (tertiary/aromatic N) is 2. The van der Waals surface area contributed by atoms with Gasteiger partial charge in [-0.2, -0.15) is 0 Å². The number of aromatic nitrogens is 1. The maximum absolute atomic E-state index is 4.73. The molecule has 114 valence electrons. The van der Waals surface area contributed by atoms with E-state index in [0.29, 0.717) is 0 Å². The zero-order chi connectivity index (χ0) is 15.4. The van der Waals surface area contributed by atoms with Gasteiger partial charge in [-0.25, -0.2) is 4.98 Å². The third kappa shape index (κ3) is 3.37. The number of nitrogens with one attached hydrogen (secondary N) is 1. The van der Waals surface area contributed by atoms with Gasteiger partial charge in [0.2, 0.25) is 0 Å². The molecule has 3 rings (SSSR count). The van der Waals surface area contributed by atoms with Crippen molar-refractivity contribution in [2.75, 3.05) is 25.5 Å². The number of pyridine rings is 1. The molecule has 3 heteroatoms. The minimum atomic E-state index is 0.977. The second-order valence-electron chi connectivity index (χ2n) is 5.81. The molecular formula is C19H23N3. The molecule has 2 heterocycles. The SMILES string of the molecule is CNc1nc(C2=CCN(Cc3ccccc3)CC2)ccc1C. The lowest BCUT2D eigenvalue weighted by molar-refractivity contribution is 0.294. The summed E-state index contributed by atoms with van der Waals surface area (Å²) in [5.41, 5.74) is 5.04. The molecule has 0 spiro atoms. The Morgan fingerprint density at radius 1 is 1.14 bits per heavy atom. The van der Waals surface area contributed by atoms with Crippen LogP contribution in [0.15, 0.2) is 48.5 Å². The second kappa shape index (κ2) is 6.75. The third-order valence-corrected chi connectivity index (χ3v) is 4.21. The molecule has 2 aromatic rings. The molecule has 0 saturated carbocycles. The molecule has 1 aromatic heterocycles. The highest BCUT2D eigenvalue weighted by atomic mass is 15.1. The molecule has 0 bridgehead atoms. The number of aryl methyl sites for hydroxylation is 1. The Hall–Kier alpha value is -2.13. The van der Waals surface area contributed by atoms with Crippen LogP contribution in [0.4, 0.5) is 5.82 Å². The summed E-state index contributed by atoms with van der Waals surface area (Å²) in [6, 6.07) is 15.0. The van der Waals surface area contributed by atoms with Crippen LogP contribution in [-0.2, 0) is 6.54 Å². The van der Waals surface area contributed by atoms with Crippen molar-refractivity contribution in [3.63, 3.8) is 0 Å². The van der Waals surface area contributed by atoms with E-state index in [1.165, 1.54) is 16.7 Å². The number of hydrogen-bond acceptors (Lipinski definition) is 3. The topological polar surface area (TPSA) is 28.2 Å². The van der Waals surface area contributed by atoms with E-state index in [0.717, 1.165) is 37.6 Å². The summed E-state index contributed by atoms with van der Waals surface area (Å²) in [5.74, 6) is 0.977. The standard InChI is InChI=1S/C19H23N3/c1-15-8-9-18(21-19(15)20-2)17-10-12-22(13-11-17)14-16-6-4-3-5-7-16/h3-10H,11-14H2,1-2H3,(H,20,21). The van der Waals surface area contributed by atoms with Gasteiger partial charge >= 0.3 is 0 Å². The van der Waals surface area contributed by atoms with Crippen molar-refractivity contribution in [3.8, 4) is 0 Å². The summed E-state index contributed by atoms with van der Waals surface area (Å²) < 4.78 is 0. The molecule has 0 fully saturated rings. The molecule has 0 atom stereocenters. The van der Waals surface area contributed by atoms with Crippen molar-refractivity contribution in [2.24, 2.45) is 0 Å². The van der Waals surface area contributed by atoms with Crippen molar-refractivity contribution in [3.05, 3.63) is 65.4 Å². The first-order valence-electron chi connectivity index (χ1n) is 7.87. The molecule has 3 nitrogen and oxygen atoms in total. The van der Waals surface area contributed by atoms with Gasteiger partial charge in [-0.1, -0.05) is 42.5 Å². The summed E-state index contributed by atoms with van der Waals surface area (Å²) in [6.45, 7) is 5.19. The summed E-state index contributed by atoms with van der Waals surface area (Å²) in [4.78, 5) is 7.20. The van der Waals surface area contributed by atoms with Gasteiger partial charge in [-0.3, -0.25) is 4.90 Å². The van der Waals surface area contributed by atoms with Crippen LogP contribution in [0, 0.1) is 6.92 Å². The van der Waals surface area contributed by atoms with E-state index in [1.54, 1.807) is 0 Å². The van der Waals surface area contributed by atoms with Crippen LogP contribution in [0.25, 0.3) is 5.57 Å². The van der Waals surface area contributed by atoms with E-state index < -0.39 is 0 Å². The van der Waals surface area contributed by atoms with Crippen LogP contribution in [0.3, 0.4) is 0 Å². The van der Waals surface area contributed by atoms with Crippen LogP contribution in [0.5, 0.6) is 0 Å². The molecular weight excluding hydrogens is 270 g/mol. The van der Waals surface area contributed by atoms with E-state index in [4.69, 9.17) is 4.98 Å². The van der Waals surface area contributed by atoms with Gasteiger partial charge in [-0.15, -0.1) is 0 Å². The lowest BCUT2D eigenvalue weighted by atomic mass is 10.0. The van der Waals surface area contributed by atoms with Crippen molar-refractivity contribution >= 4 is 11.4 Å². The van der Waals surface area contributed by atoms with Gasteiger partial charge in [0.15, 0.2) is 0 Å². The van der Waals surface area contributed by atoms with Crippen molar-refractivity contribution in [1.82, 2.24) is 9.88 Å². The monoisotopic (exact) mass is 293 g/mol. The Bertz CT molecular complexity index is 662. The number of rotatable bonds is 4. The fourth-order valence-electron chi connectivity index (χ4n) is 2.89. The molecule has 1 aliphatic rings. The van der Waals surface area contributed by atoms with Crippen LogP contribution >= 0.6 is 0 Å². The average molecular weight is 293 g/mol. The quantitative estimate of drug-likeness (QED) is 0.931. The predicted octanol–water partition coefficient (Wildman–Crippen LogP) is 3.72. The maximum atomic E-state index is 4.73. The Balaban J connectivity index is 1.68. The highest BCUT2D eigenvalue weighted by molar-refractivity contribution is 5.65. The molecule has 0 aliphatic carbocycles. The Morgan fingerprint density at radius 3 is 2.64 bits per heavy atom. The molecule has 0 radical (unpaired) electrons. The maximum Gasteiger partial charge on any atom is 0.129 e. The fourth-order valence-corrected chi connectivity index (χ4v) is 2.89. The minimum Gasteiger partial charge on any atom is -0.373 e. The van der Waals surface area contributed by atoms with Crippen LogP contribution in [-0.4, -0.2) is 30.0 Å². The molecule has 0 amide bonds. The lowest BCUT2D eigenvalue weighted by Gasteiger charge is -2.26. The van der Waals surface area contributed by atoms with Crippen molar-refractivity contribution in [2.45, 2.75) is 19.9 Å². The minimum absolute atomic E-state index is 0.977. The molecule has 22 heavy (non-hydrogen) atoms. The van der Waals surface area contributed by atoms with Gasteiger partial charge < -0.3 is 5.32 Å². The van der Waals surface area contributed by atoms with E-state index in [1.807, 2.05) is 7.05 Å². The molecule has 0 saturated heterocycles. The zero-order valence-electron chi connectivity index (χ0n) is 13.3. The summed E-state index contributed by atoms with van der Waals surface area (Å²) >= 11 is 0. The summed E-state index contributed by atoms with van der Waals surface area (Å²) in [6.07, 6.45) is 3.38. The Labute approximate surface area is 132 Å². The van der Waals surface area contributed by atoms with E-state index in [9.17, 15) is 0 Å². The lowest BCUT2D eigenvalue weighted by Crippen LogP contribution is -2.28. The average Bonchev–Trinajstić information content (AvgIpc) is 2.57. The van der Waals surface area contributed by atoms with Gasteiger partial charge in [0, 0.05) is 26.7 Å². The first-order valence-corrected chi connectivity index (χ1v) is 7.87. The summed E-state index contributed by atoms with van der Waals surface area (Å²) in [5, 5.41) is 3.17. The molecule has 1 aliphatic heterocycles. The van der Waals surface area contributed by atoms with Crippen molar-refractivity contribution < 1.29 is 0 Å². The van der Waals surface area contributed by atoms with E-state index in [2.05, 4.69) is 65.7 Å². The number of benzene rings is 1. The normalized spacial score (nSPS) is 15.5. The Kier molecular flexibility index (Phi) is 4.54. The number of hydrogen-bond donors (Lipinski definition) is 1. The number of anilines is 1. The van der Waals surface area contributed by atoms with Crippen LogP contribution < -0.4 is 5.32 Å². The van der Waals surface area contributed by atoms with E-state index >= 15 is 0 Å². The van der Waals surface area contributed by atoms with Gasteiger partial charge in [0.05, 0.1) is 5.69 Å². The first-order chi connectivity index (χ1) is 10.8. The van der Waals surface area contributed by atoms with Gasteiger partial charge in [0.25, 0.3) is 0 Å². The largest absolute Gasteiger partial charge is 0.373 e. The fraction of sp³-hybridized carbons (Fsp3) is 0.316. The van der Waals surface area contributed by atoms with Gasteiger partial charge in [-0.05, 0) is 36.1 Å². The van der Waals surface area contributed by atoms with Crippen LogP contribution in [0.1, 0.15) is 23.2 Å².